The molecule has 0 unspecified atom stereocenters. The predicted octanol–water partition coefficient (Wildman–Crippen LogP) is 7.59. The first-order valence-corrected chi connectivity index (χ1v) is 10.8. The van der Waals surface area contributed by atoms with Crippen LogP contribution in [0.3, 0.4) is 0 Å². The highest BCUT2D eigenvalue weighted by Crippen LogP contribution is 2.23. The number of unbranched alkanes of at least 4 members (excludes halogenated alkanes) is 11. The fraction of sp³-hybridized carbons (Fsp3) is 0.667. The van der Waals surface area contributed by atoms with Crippen LogP contribution in [0.4, 0.5) is 0 Å². The predicted molar refractivity (Wildman–Crippen MR) is 113 cm³/mol. The number of phenols is 1. The molecule has 0 aliphatic carbocycles. The summed E-state index contributed by atoms with van der Waals surface area (Å²) in [6.07, 6.45) is 23.0. The minimum atomic E-state index is 0.300. The minimum Gasteiger partial charge on any atom is -0.508 e. The molecule has 0 bridgehead atoms. The maximum atomic E-state index is 9.67. The van der Waals surface area contributed by atoms with Crippen molar-refractivity contribution in [2.75, 3.05) is 7.11 Å². The topological polar surface area (TPSA) is 29.5 Å². The molecule has 0 aliphatic heterocycles. The highest BCUT2D eigenvalue weighted by Gasteiger charge is 2.00. The van der Waals surface area contributed by atoms with E-state index in [0.717, 1.165) is 12.2 Å². The lowest BCUT2D eigenvalue weighted by molar-refractivity contribution is 0.406. The Morgan fingerprint density at radius 3 is 1.96 bits per heavy atom. The SMILES string of the molecule is CCCCCCC=CCCCCCCCCCc1cc(O)cc(OC)c1. The molecule has 0 saturated carbocycles. The molecular weight excluding hydrogens is 320 g/mol. The molecular formula is C24H40O2. The van der Waals surface area contributed by atoms with Crippen molar-refractivity contribution in [1.82, 2.24) is 0 Å². The van der Waals surface area contributed by atoms with Crippen LogP contribution in [0, 0.1) is 0 Å². The average molecular weight is 361 g/mol. The van der Waals surface area contributed by atoms with E-state index in [1.165, 1.54) is 89.0 Å². The van der Waals surface area contributed by atoms with Gasteiger partial charge in [-0.15, -0.1) is 0 Å². The van der Waals surface area contributed by atoms with E-state index in [1.54, 1.807) is 13.2 Å². The summed E-state index contributed by atoms with van der Waals surface area (Å²) < 4.78 is 5.20. The summed E-state index contributed by atoms with van der Waals surface area (Å²) in [5, 5.41) is 9.67. The van der Waals surface area contributed by atoms with Gasteiger partial charge in [-0.1, -0.05) is 70.4 Å². The summed E-state index contributed by atoms with van der Waals surface area (Å²) in [5.74, 6) is 1.05. The van der Waals surface area contributed by atoms with E-state index >= 15 is 0 Å². The van der Waals surface area contributed by atoms with Gasteiger partial charge in [-0.25, -0.2) is 0 Å². The Kier molecular flexibility index (Phi) is 13.7. The second kappa shape index (κ2) is 15.8. The molecule has 26 heavy (non-hydrogen) atoms. The summed E-state index contributed by atoms with van der Waals surface area (Å²) in [6, 6.07) is 5.53. The molecule has 0 fully saturated rings. The normalized spacial score (nSPS) is 11.3. The molecule has 0 saturated heterocycles. The standard InChI is InChI=1S/C24H40O2/c1-3-4-5-6-7-8-9-10-11-12-13-14-15-16-17-18-22-19-23(25)21-24(20-22)26-2/h8-9,19-21,25H,3-7,10-18H2,1-2H3. The van der Waals surface area contributed by atoms with Gasteiger partial charge in [0.1, 0.15) is 11.5 Å². The fourth-order valence-corrected chi connectivity index (χ4v) is 3.31. The number of methoxy groups -OCH3 is 1. The molecule has 1 aromatic rings. The van der Waals surface area contributed by atoms with E-state index in [9.17, 15) is 5.11 Å². The van der Waals surface area contributed by atoms with Gasteiger partial charge < -0.3 is 9.84 Å². The van der Waals surface area contributed by atoms with Crippen molar-refractivity contribution in [1.29, 1.82) is 0 Å². The van der Waals surface area contributed by atoms with Crippen LogP contribution in [0.2, 0.25) is 0 Å². The highest BCUT2D eigenvalue weighted by atomic mass is 16.5. The third-order valence-corrected chi connectivity index (χ3v) is 4.91. The van der Waals surface area contributed by atoms with Crippen molar-refractivity contribution in [2.45, 2.75) is 96.8 Å². The quantitative estimate of drug-likeness (QED) is 0.243. The Bertz CT molecular complexity index is 479. The molecule has 0 aliphatic rings. The first-order valence-electron chi connectivity index (χ1n) is 10.8. The van der Waals surface area contributed by atoms with Crippen LogP contribution in [-0.2, 0) is 6.42 Å². The van der Waals surface area contributed by atoms with Gasteiger partial charge in [-0.3, -0.25) is 0 Å². The van der Waals surface area contributed by atoms with E-state index < -0.39 is 0 Å². The van der Waals surface area contributed by atoms with Crippen LogP contribution < -0.4 is 4.74 Å². The molecule has 0 aromatic heterocycles. The number of aromatic hydroxyl groups is 1. The second-order valence-electron chi connectivity index (χ2n) is 7.37. The number of ether oxygens (including phenoxy) is 1. The molecule has 1 N–H and O–H groups in total. The zero-order valence-electron chi connectivity index (χ0n) is 17.1. The zero-order valence-corrected chi connectivity index (χ0v) is 17.1. The third kappa shape index (κ3) is 12.0. The Labute approximate surface area is 161 Å². The molecule has 2 nitrogen and oxygen atoms in total. The van der Waals surface area contributed by atoms with Crippen LogP contribution in [-0.4, -0.2) is 12.2 Å². The van der Waals surface area contributed by atoms with Gasteiger partial charge in [-0.2, -0.15) is 0 Å². The summed E-state index contributed by atoms with van der Waals surface area (Å²) >= 11 is 0. The number of benzene rings is 1. The van der Waals surface area contributed by atoms with E-state index in [1.807, 2.05) is 12.1 Å². The van der Waals surface area contributed by atoms with Gasteiger partial charge in [0.25, 0.3) is 0 Å². The van der Waals surface area contributed by atoms with Gasteiger partial charge in [-0.05, 0) is 56.2 Å². The van der Waals surface area contributed by atoms with E-state index in [0.29, 0.717) is 5.75 Å². The van der Waals surface area contributed by atoms with Crippen LogP contribution in [0.15, 0.2) is 30.4 Å². The number of allylic oxidation sites excluding steroid dienone is 2. The van der Waals surface area contributed by atoms with Gasteiger partial charge in [0, 0.05) is 6.07 Å². The summed E-state index contributed by atoms with van der Waals surface area (Å²) in [6.45, 7) is 2.27. The second-order valence-corrected chi connectivity index (χ2v) is 7.37. The van der Waals surface area contributed by atoms with Gasteiger partial charge in [0.15, 0.2) is 0 Å². The minimum absolute atomic E-state index is 0.300. The van der Waals surface area contributed by atoms with Crippen LogP contribution in [0.1, 0.15) is 96.0 Å². The van der Waals surface area contributed by atoms with E-state index in [2.05, 4.69) is 19.1 Å². The number of rotatable bonds is 16. The average Bonchev–Trinajstić information content (AvgIpc) is 2.64. The first kappa shape index (κ1) is 22.6. The van der Waals surface area contributed by atoms with Crippen molar-refractivity contribution in [3.8, 4) is 11.5 Å². The first-order chi connectivity index (χ1) is 12.8. The molecule has 2 heteroatoms. The Balaban J connectivity index is 1.91. The van der Waals surface area contributed by atoms with Crippen molar-refractivity contribution in [3.63, 3.8) is 0 Å². The van der Waals surface area contributed by atoms with Crippen molar-refractivity contribution >= 4 is 0 Å². The maximum absolute atomic E-state index is 9.67. The van der Waals surface area contributed by atoms with Crippen LogP contribution in [0.5, 0.6) is 11.5 Å². The molecule has 0 amide bonds. The fourth-order valence-electron chi connectivity index (χ4n) is 3.31. The number of hydrogen-bond donors (Lipinski definition) is 1. The molecule has 0 heterocycles. The summed E-state index contributed by atoms with van der Waals surface area (Å²) in [4.78, 5) is 0. The molecule has 0 spiro atoms. The third-order valence-electron chi connectivity index (χ3n) is 4.91. The number of aryl methyl sites for hydroxylation is 1. The lowest BCUT2D eigenvalue weighted by atomic mass is 10.0. The highest BCUT2D eigenvalue weighted by molar-refractivity contribution is 5.37. The van der Waals surface area contributed by atoms with Gasteiger partial charge in [0.05, 0.1) is 7.11 Å². The lowest BCUT2D eigenvalue weighted by Gasteiger charge is -2.06. The summed E-state index contributed by atoms with van der Waals surface area (Å²) in [5.41, 5.74) is 1.17. The zero-order chi connectivity index (χ0) is 18.9. The monoisotopic (exact) mass is 360 g/mol. The molecule has 0 atom stereocenters. The van der Waals surface area contributed by atoms with E-state index in [-0.39, 0.29) is 0 Å². The van der Waals surface area contributed by atoms with Crippen LogP contribution >= 0.6 is 0 Å². The van der Waals surface area contributed by atoms with Crippen molar-refractivity contribution < 1.29 is 9.84 Å². The lowest BCUT2D eigenvalue weighted by Crippen LogP contribution is -1.89. The number of hydrogen-bond acceptors (Lipinski definition) is 2. The van der Waals surface area contributed by atoms with E-state index in [4.69, 9.17) is 4.74 Å². The Morgan fingerprint density at radius 2 is 1.35 bits per heavy atom. The van der Waals surface area contributed by atoms with Crippen LogP contribution in [0.25, 0.3) is 0 Å². The van der Waals surface area contributed by atoms with Crippen molar-refractivity contribution in [2.24, 2.45) is 0 Å². The van der Waals surface area contributed by atoms with Gasteiger partial charge >= 0.3 is 0 Å². The smallest absolute Gasteiger partial charge is 0.122 e. The largest absolute Gasteiger partial charge is 0.508 e. The Morgan fingerprint density at radius 1 is 0.769 bits per heavy atom. The number of phenolic OH excluding ortho intramolecular Hbond substituents is 1. The molecule has 148 valence electrons. The molecule has 1 rings (SSSR count). The van der Waals surface area contributed by atoms with Crippen molar-refractivity contribution in [3.05, 3.63) is 35.9 Å². The molecule has 0 radical (unpaired) electrons. The molecule has 1 aromatic carbocycles. The Hall–Kier alpha value is -1.44. The van der Waals surface area contributed by atoms with Gasteiger partial charge in [0.2, 0.25) is 0 Å². The summed E-state index contributed by atoms with van der Waals surface area (Å²) in [7, 11) is 1.64. The maximum Gasteiger partial charge on any atom is 0.122 e.